The van der Waals surface area contributed by atoms with E-state index in [0.29, 0.717) is 0 Å². The summed E-state index contributed by atoms with van der Waals surface area (Å²) in [7, 11) is 0. The van der Waals surface area contributed by atoms with Gasteiger partial charge in [-0.1, -0.05) is 0 Å². The molecule has 0 aliphatic carbocycles. The molecule has 2 aromatic heterocycles. The molecule has 2 rings (SSSR count). The maximum absolute atomic E-state index is 11.8. The zero-order valence-corrected chi connectivity index (χ0v) is 9.31. The zero-order chi connectivity index (χ0) is 10.8. The van der Waals surface area contributed by atoms with E-state index < -0.39 is 0 Å². The van der Waals surface area contributed by atoms with Gasteiger partial charge in [-0.2, -0.15) is 5.10 Å². The first-order chi connectivity index (χ1) is 7.18. The van der Waals surface area contributed by atoms with Gasteiger partial charge in [-0.15, -0.1) is 11.3 Å². The fraction of sp³-hybridized carbons (Fsp3) is 0.200. The highest BCUT2D eigenvalue weighted by molar-refractivity contribution is 7.12. The number of hydrogen-bond acceptors (Lipinski definition) is 3. The molecule has 2 N–H and O–H groups in total. The number of aryl methyl sites for hydroxylation is 2. The van der Waals surface area contributed by atoms with Gasteiger partial charge in [-0.05, 0) is 30.9 Å². The van der Waals surface area contributed by atoms with E-state index in [1.807, 2.05) is 25.3 Å². The number of anilines is 1. The Bertz CT molecular complexity index is 486. The predicted octanol–water partition coefficient (Wildman–Crippen LogP) is 2.34. The van der Waals surface area contributed by atoms with Crippen molar-refractivity contribution in [2.75, 3.05) is 5.32 Å². The molecule has 1 amide bonds. The monoisotopic (exact) mass is 221 g/mol. The summed E-state index contributed by atoms with van der Waals surface area (Å²) in [6.07, 6.45) is 1.61. The van der Waals surface area contributed by atoms with Crippen molar-refractivity contribution in [3.8, 4) is 0 Å². The molecule has 0 saturated heterocycles. The first-order valence-electron chi connectivity index (χ1n) is 4.54. The van der Waals surface area contributed by atoms with Gasteiger partial charge in [0.05, 0.1) is 22.5 Å². The molecule has 0 atom stereocenters. The third-order valence-corrected chi connectivity index (χ3v) is 3.16. The van der Waals surface area contributed by atoms with E-state index in [4.69, 9.17) is 0 Å². The molecule has 0 spiro atoms. The molecule has 0 radical (unpaired) electrons. The van der Waals surface area contributed by atoms with Gasteiger partial charge in [-0.25, -0.2) is 0 Å². The second-order valence-electron chi connectivity index (χ2n) is 3.30. The first kappa shape index (κ1) is 9.92. The Labute approximate surface area is 91.3 Å². The van der Waals surface area contributed by atoms with E-state index in [9.17, 15) is 4.79 Å². The topological polar surface area (TPSA) is 57.8 Å². The maximum Gasteiger partial charge on any atom is 0.266 e. The van der Waals surface area contributed by atoms with Gasteiger partial charge in [0.1, 0.15) is 0 Å². The lowest BCUT2D eigenvalue weighted by atomic mass is 10.3. The quantitative estimate of drug-likeness (QED) is 0.817. The van der Waals surface area contributed by atoms with E-state index in [2.05, 4.69) is 15.5 Å². The molecule has 0 saturated carbocycles. The predicted molar refractivity (Wildman–Crippen MR) is 60.3 cm³/mol. The molecule has 15 heavy (non-hydrogen) atoms. The summed E-state index contributed by atoms with van der Waals surface area (Å²) in [5.41, 5.74) is 2.59. The molecular formula is C10H11N3OS. The number of H-pyrrole nitrogens is 1. The lowest BCUT2D eigenvalue weighted by molar-refractivity contribution is 0.103. The van der Waals surface area contributed by atoms with E-state index >= 15 is 0 Å². The van der Waals surface area contributed by atoms with Crippen LogP contribution < -0.4 is 5.32 Å². The third kappa shape index (κ3) is 1.92. The van der Waals surface area contributed by atoms with Crippen LogP contribution in [0.25, 0.3) is 0 Å². The Hall–Kier alpha value is -1.62. The van der Waals surface area contributed by atoms with Crippen LogP contribution in [0, 0.1) is 13.8 Å². The summed E-state index contributed by atoms with van der Waals surface area (Å²) in [6.45, 7) is 3.79. The Morgan fingerprint density at radius 2 is 2.33 bits per heavy atom. The van der Waals surface area contributed by atoms with Gasteiger partial charge in [0.15, 0.2) is 0 Å². The summed E-state index contributed by atoms with van der Waals surface area (Å²) in [6, 6.07) is 1.93. The van der Waals surface area contributed by atoms with E-state index in [-0.39, 0.29) is 5.91 Å². The fourth-order valence-electron chi connectivity index (χ4n) is 1.26. The van der Waals surface area contributed by atoms with Crippen molar-refractivity contribution in [3.63, 3.8) is 0 Å². The maximum atomic E-state index is 11.8. The van der Waals surface area contributed by atoms with E-state index in [1.165, 1.54) is 11.3 Å². The minimum absolute atomic E-state index is 0.0769. The molecule has 2 heterocycles. The van der Waals surface area contributed by atoms with Gasteiger partial charge in [0, 0.05) is 0 Å². The molecule has 0 fully saturated rings. The van der Waals surface area contributed by atoms with Crippen LogP contribution in [0.5, 0.6) is 0 Å². The highest BCUT2D eigenvalue weighted by Crippen LogP contribution is 2.18. The van der Waals surface area contributed by atoms with Gasteiger partial charge in [-0.3, -0.25) is 9.89 Å². The number of hydrogen-bond donors (Lipinski definition) is 2. The number of nitrogens with one attached hydrogen (secondary N) is 2. The van der Waals surface area contributed by atoms with E-state index in [1.54, 1.807) is 6.20 Å². The Balaban J connectivity index is 2.18. The number of carbonyl (C=O) groups is 1. The Kier molecular flexibility index (Phi) is 2.55. The summed E-state index contributed by atoms with van der Waals surface area (Å²) in [5.74, 6) is -0.0769. The van der Waals surface area contributed by atoms with Crippen molar-refractivity contribution >= 4 is 22.9 Å². The van der Waals surface area contributed by atoms with Gasteiger partial charge in [0.25, 0.3) is 5.91 Å². The number of amides is 1. The van der Waals surface area contributed by atoms with Crippen molar-refractivity contribution in [2.45, 2.75) is 13.8 Å². The van der Waals surface area contributed by atoms with Crippen LogP contribution in [0.15, 0.2) is 17.6 Å². The average Bonchev–Trinajstić information content (AvgIpc) is 2.76. The highest BCUT2D eigenvalue weighted by atomic mass is 32.1. The summed E-state index contributed by atoms with van der Waals surface area (Å²) >= 11 is 1.44. The minimum atomic E-state index is -0.0769. The molecular weight excluding hydrogens is 210 g/mol. The van der Waals surface area contributed by atoms with Crippen LogP contribution >= 0.6 is 11.3 Å². The number of carbonyl (C=O) groups excluding carboxylic acids is 1. The van der Waals surface area contributed by atoms with Crippen molar-refractivity contribution in [1.29, 1.82) is 0 Å². The Morgan fingerprint density at radius 1 is 1.53 bits per heavy atom. The molecule has 5 heteroatoms. The largest absolute Gasteiger partial charge is 0.318 e. The molecule has 2 aromatic rings. The van der Waals surface area contributed by atoms with Gasteiger partial charge >= 0.3 is 0 Å². The van der Waals surface area contributed by atoms with Crippen LogP contribution in [-0.4, -0.2) is 16.1 Å². The molecule has 0 aliphatic heterocycles. The summed E-state index contributed by atoms with van der Waals surface area (Å²) in [5, 5.41) is 11.3. The van der Waals surface area contributed by atoms with Crippen molar-refractivity contribution in [1.82, 2.24) is 10.2 Å². The van der Waals surface area contributed by atoms with Crippen LogP contribution in [0.2, 0.25) is 0 Å². The normalized spacial score (nSPS) is 10.3. The summed E-state index contributed by atoms with van der Waals surface area (Å²) in [4.78, 5) is 12.5. The third-order valence-electron chi connectivity index (χ3n) is 2.15. The first-order valence-corrected chi connectivity index (χ1v) is 5.42. The van der Waals surface area contributed by atoms with Crippen LogP contribution in [0.4, 0.5) is 5.69 Å². The molecule has 0 aromatic carbocycles. The van der Waals surface area contributed by atoms with Crippen LogP contribution in [0.3, 0.4) is 0 Å². The Morgan fingerprint density at radius 3 is 2.87 bits per heavy atom. The lowest BCUT2D eigenvalue weighted by Crippen LogP contribution is -2.11. The van der Waals surface area contributed by atoms with Crippen molar-refractivity contribution in [3.05, 3.63) is 33.8 Å². The van der Waals surface area contributed by atoms with Gasteiger partial charge in [0.2, 0.25) is 0 Å². The number of nitrogens with zero attached hydrogens (tertiary/aromatic N) is 1. The molecule has 4 nitrogen and oxygen atoms in total. The van der Waals surface area contributed by atoms with Crippen molar-refractivity contribution < 1.29 is 4.79 Å². The van der Waals surface area contributed by atoms with Crippen molar-refractivity contribution in [2.24, 2.45) is 0 Å². The van der Waals surface area contributed by atoms with Gasteiger partial charge < -0.3 is 5.32 Å². The second-order valence-corrected chi connectivity index (χ2v) is 4.21. The second kappa shape index (κ2) is 3.86. The number of aromatic nitrogens is 2. The highest BCUT2D eigenvalue weighted by Gasteiger charge is 2.12. The van der Waals surface area contributed by atoms with Crippen LogP contribution in [-0.2, 0) is 0 Å². The summed E-state index contributed by atoms with van der Waals surface area (Å²) < 4.78 is 0. The van der Waals surface area contributed by atoms with E-state index in [0.717, 1.165) is 21.8 Å². The molecule has 0 unspecified atom stereocenters. The lowest BCUT2D eigenvalue weighted by Gasteiger charge is -2.02. The zero-order valence-electron chi connectivity index (χ0n) is 8.50. The smallest absolute Gasteiger partial charge is 0.266 e. The standard InChI is InChI=1S/C10H11N3OS/c1-6-3-4-15-9(6)10(14)12-8-5-11-13-7(8)2/h3-5H,1-2H3,(H,11,13)(H,12,14). The average molecular weight is 221 g/mol. The SMILES string of the molecule is Cc1ccsc1C(=O)Nc1cn[nH]c1C. The number of rotatable bonds is 2. The van der Waals surface area contributed by atoms with Crippen LogP contribution in [0.1, 0.15) is 20.9 Å². The minimum Gasteiger partial charge on any atom is -0.318 e. The number of aromatic amines is 1. The molecule has 0 bridgehead atoms. The molecule has 0 aliphatic rings. The fourth-order valence-corrected chi connectivity index (χ4v) is 2.08. The molecule has 78 valence electrons. The number of thiophene rings is 1.